The van der Waals surface area contributed by atoms with Crippen molar-refractivity contribution in [2.24, 2.45) is 0 Å². The summed E-state index contributed by atoms with van der Waals surface area (Å²) in [5, 5.41) is 16.9. The second kappa shape index (κ2) is 14.7. The molecule has 11 nitrogen and oxygen atoms in total. The first-order valence-electron chi connectivity index (χ1n) is 14.4. The largest absolute Gasteiger partial charge is 0.481 e. The number of halogens is 3. The molecule has 0 amide bonds. The number of pyridine rings is 1. The van der Waals surface area contributed by atoms with Crippen molar-refractivity contribution in [3.63, 3.8) is 0 Å². The van der Waals surface area contributed by atoms with Crippen LogP contribution >= 0.6 is 0 Å². The van der Waals surface area contributed by atoms with Crippen LogP contribution in [0.4, 0.5) is 30.4 Å². The molecule has 2 aromatic heterocycles. The summed E-state index contributed by atoms with van der Waals surface area (Å²) in [6, 6.07) is 10.1. The van der Waals surface area contributed by atoms with Crippen molar-refractivity contribution < 1.29 is 31.6 Å². The minimum absolute atomic E-state index is 0.00684. The molecule has 0 saturated carbocycles. The maximum Gasteiger partial charge on any atom is 0.330 e. The molecule has 0 bridgehead atoms. The summed E-state index contributed by atoms with van der Waals surface area (Å²) < 4.78 is 73.3. The average molecular weight is 658 g/mol. The van der Waals surface area contributed by atoms with Crippen molar-refractivity contribution in [3.8, 4) is 16.9 Å². The molecule has 0 aliphatic carbocycles. The van der Waals surface area contributed by atoms with E-state index in [9.17, 15) is 22.8 Å². The highest BCUT2D eigenvalue weighted by Crippen LogP contribution is 2.37. The number of nitrogens with two attached hydrogens (primary N) is 1. The van der Waals surface area contributed by atoms with E-state index >= 15 is 0 Å². The normalized spacial score (nSPS) is 15.0. The van der Waals surface area contributed by atoms with Gasteiger partial charge in [0.1, 0.15) is 23.5 Å². The Hall–Kier alpha value is -4.47. The summed E-state index contributed by atoms with van der Waals surface area (Å²) in [5.41, 5.74) is 9.43. The second-order valence-corrected chi connectivity index (χ2v) is 11.6. The van der Waals surface area contributed by atoms with Crippen LogP contribution in [0.5, 0.6) is 5.75 Å². The van der Waals surface area contributed by atoms with Crippen LogP contribution in [-0.2, 0) is 20.5 Å². The minimum atomic E-state index is -3.17. The number of ether oxygens (including phenoxy) is 3. The van der Waals surface area contributed by atoms with Crippen molar-refractivity contribution in [2.75, 3.05) is 49.8 Å². The Morgan fingerprint density at radius 1 is 1.20 bits per heavy atom. The lowest BCUT2D eigenvalue weighted by Crippen LogP contribution is -2.19. The minimum Gasteiger partial charge on any atom is -0.481 e. The highest BCUT2D eigenvalue weighted by molar-refractivity contribution is 7.86. The van der Waals surface area contributed by atoms with E-state index in [1.807, 2.05) is 10.9 Å². The second-order valence-electron chi connectivity index (χ2n) is 10.5. The van der Waals surface area contributed by atoms with Crippen LogP contribution in [0.25, 0.3) is 11.1 Å². The van der Waals surface area contributed by atoms with E-state index in [4.69, 9.17) is 19.9 Å². The van der Waals surface area contributed by atoms with Gasteiger partial charge in [-0.25, -0.2) is 13.6 Å². The summed E-state index contributed by atoms with van der Waals surface area (Å²) in [6.07, 6.45) is 6.18. The molecule has 5 rings (SSSR count). The molecule has 15 heteroatoms. The number of aromatic nitrogens is 3. The zero-order chi connectivity index (χ0) is 32.8. The third-order valence-corrected chi connectivity index (χ3v) is 8.30. The summed E-state index contributed by atoms with van der Waals surface area (Å²) in [5.74, 6) is -3.52. The van der Waals surface area contributed by atoms with Gasteiger partial charge in [-0.15, -0.1) is 0 Å². The van der Waals surface area contributed by atoms with Gasteiger partial charge in [0, 0.05) is 56.5 Å². The molecule has 1 aliphatic rings. The third kappa shape index (κ3) is 7.32. The number of alkyl halides is 2. The first-order chi connectivity index (χ1) is 22.2. The zero-order valence-corrected chi connectivity index (χ0v) is 26.0. The smallest absolute Gasteiger partial charge is 0.330 e. The molecule has 0 radical (unpaired) electrons. The first kappa shape index (κ1) is 32.9. The average Bonchev–Trinajstić information content (AvgIpc) is 3.55. The molecule has 244 valence electrons. The molecule has 5 N–H and O–H groups in total. The fourth-order valence-corrected chi connectivity index (χ4v) is 5.70. The van der Waals surface area contributed by atoms with E-state index < -0.39 is 28.7 Å². The van der Waals surface area contributed by atoms with E-state index in [1.165, 1.54) is 49.6 Å². The van der Waals surface area contributed by atoms with Crippen molar-refractivity contribution in [2.45, 2.75) is 30.7 Å². The van der Waals surface area contributed by atoms with Gasteiger partial charge < -0.3 is 25.3 Å². The Morgan fingerprint density at radius 3 is 2.61 bits per heavy atom. The third-order valence-electron chi connectivity index (χ3n) is 7.56. The van der Waals surface area contributed by atoms with Gasteiger partial charge in [0.25, 0.3) is 0 Å². The molecular weight excluding hydrogens is 623 g/mol. The van der Waals surface area contributed by atoms with Crippen molar-refractivity contribution in [1.29, 1.82) is 5.41 Å². The van der Waals surface area contributed by atoms with Crippen LogP contribution in [0, 0.1) is 11.2 Å². The van der Waals surface area contributed by atoms with E-state index in [0.29, 0.717) is 41.2 Å². The van der Waals surface area contributed by atoms with E-state index in [2.05, 4.69) is 20.1 Å². The molecule has 1 fully saturated rings. The molecule has 0 spiro atoms. The standard InChI is InChI=1S/C31H34F3N7O4S/c1-37-29-23(20-14-39-41(16-20)22-9-11-44-12-10-22)15-38-30(36)27(29)28(35)19-5-8-24(40-46(42)31(33)34)25(13-19)45-26(17-43-2)18-3-6-21(32)7-4-18/h3-8,13-16,22,26,31,35,40H,9-12,17H2,1-2H3,(H3,36,37,38). The summed E-state index contributed by atoms with van der Waals surface area (Å²) in [7, 11) is 0.418. The Labute approximate surface area is 266 Å². The molecule has 4 aromatic rings. The van der Waals surface area contributed by atoms with Gasteiger partial charge in [0.2, 0.25) is 0 Å². The lowest BCUT2D eigenvalue weighted by atomic mass is 9.97. The van der Waals surface area contributed by atoms with Crippen molar-refractivity contribution >= 4 is 33.9 Å². The Balaban J connectivity index is 1.53. The first-order valence-corrected chi connectivity index (χ1v) is 15.6. The van der Waals surface area contributed by atoms with E-state index in [1.54, 1.807) is 19.4 Å². The number of nitrogens with one attached hydrogen (secondary N) is 3. The van der Waals surface area contributed by atoms with E-state index in [0.717, 1.165) is 18.4 Å². The number of nitrogen functional groups attached to an aromatic ring is 1. The number of anilines is 3. The van der Waals surface area contributed by atoms with Crippen LogP contribution in [0.15, 0.2) is 61.1 Å². The van der Waals surface area contributed by atoms with Crippen LogP contribution in [0.2, 0.25) is 0 Å². The molecule has 46 heavy (non-hydrogen) atoms. The number of methoxy groups -OCH3 is 1. The fourth-order valence-electron chi connectivity index (χ4n) is 5.22. The SMILES string of the molecule is CNc1c(-c2cnn(C3CCOCC3)c2)cnc(N)c1C(=N)c1ccc(NS(=O)C(F)F)c(OC(COC)c2ccc(F)cc2)c1. The quantitative estimate of drug-likeness (QED) is 0.137. The maximum atomic E-state index is 13.6. The van der Waals surface area contributed by atoms with Crippen LogP contribution < -0.4 is 20.5 Å². The lowest BCUT2D eigenvalue weighted by molar-refractivity contribution is 0.0662. The van der Waals surface area contributed by atoms with Gasteiger partial charge in [-0.05, 0) is 42.7 Å². The van der Waals surface area contributed by atoms with Crippen LogP contribution in [0.3, 0.4) is 0 Å². The predicted molar refractivity (Wildman–Crippen MR) is 170 cm³/mol. The molecular formula is C31H34F3N7O4S. The molecule has 2 unspecified atom stereocenters. The Morgan fingerprint density at radius 2 is 1.93 bits per heavy atom. The zero-order valence-electron chi connectivity index (χ0n) is 25.1. The van der Waals surface area contributed by atoms with E-state index in [-0.39, 0.29) is 35.6 Å². The van der Waals surface area contributed by atoms with Crippen LogP contribution in [0.1, 0.15) is 41.7 Å². The van der Waals surface area contributed by atoms with Crippen molar-refractivity contribution in [1.82, 2.24) is 14.8 Å². The fraction of sp³-hybridized carbons (Fsp3) is 0.323. The number of rotatable bonds is 13. The predicted octanol–water partition coefficient (Wildman–Crippen LogP) is 5.54. The van der Waals surface area contributed by atoms with Gasteiger partial charge in [-0.1, -0.05) is 18.2 Å². The van der Waals surface area contributed by atoms with Gasteiger partial charge in [0.15, 0.2) is 11.0 Å². The monoisotopic (exact) mass is 657 g/mol. The molecule has 3 heterocycles. The molecule has 2 aromatic carbocycles. The van der Waals surface area contributed by atoms with Gasteiger partial charge >= 0.3 is 5.76 Å². The van der Waals surface area contributed by atoms with Gasteiger partial charge in [-0.2, -0.15) is 13.9 Å². The lowest BCUT2D eigenvalue weighted by Gasteiger charge is -2.22. The number of hydrogen-bond acceptors (Lipinski definition) is 9. The van der Waals surface area contributed by atoms with Gasteiger partial charge in [0.05, 0.1) is 41.5 Å². The molecule has 2 atom stereocenters. The summed E-state index contributed by atoms with van der Waals surface area (Å²) in [6.45, 7) is 1.36. The van der Waals surface area contributed by atoms with Gasteiger partial charge in [-0.3, -0.25) is 14.8 Å². The Kier molecular flexibility index (Phi) is 10.6. The summed E-state index contributed by atoms with van der Waals surface area (Å²) >= 11 is 0. The number of benzene rings is 2. The Bertz CT molecular complexity index is 1700. The highest BCUT2D eigenvalue weighted by atomic mass is 32.2. The van der Waals surface area contributed by atoms with Crippen LogP contribution in [-0.4, -0.2) is 64.4 Å². The summed E-state index contributed by atoms with van der Waals surface area (Å²) in [4.78, 5) is 4.38. The topological polar surface area (TPSA) is 149 Å². The highest BCUT2D eigenvalue weighted by Gasteiger charge is 2.24. The number of nitrogens with zero attached hydrogens (tertiary/aromatic N) is 3. The number of hydrogen-bond donors (Lipinski definition) is 4. The molecule has 1 aliphatic heterocycles. The van der Waals surface area contributed by atoms with Crippen molar-refractivity contribution in [3.05, 3.63) is 83.6 Å². The molecule has 1 saturated heterocycles. The maximum absolute atomic E-state index is 13.6.